The van der Waals surface area contributed by atoms with Crippen LogP contribution in [0, 0.1) is 20.8 Å². The molecule has 0 aliphatic heterocycles. The van der Waals surface area contributed by atoms with Gasteiger partial charge in [0.2, 0.25) is 0 Å². The molecule has 0 radical (unpaired) electrons. The number of hydrogen-bond acceptors (Lipinski definition) is 5. The zero-order valence-corrected chi connectivity index (χ0v) is 14.6. The summed E-state index contributed by atoms with van der Waals surface area (Å²) in [6.07, 6.45) is 0. The minimum absolute atomic E-state index is 0.201. The second-order valence-electron chi connectivity index (χ2n) is 5.33. The first kappa shape index (κ1) is 17.1. The summed E-state index contributed by atoms with van der Waals surface area (Å²) in [5.74, 6) is -1.22. The Morgan fingerprint density at radius 3 is 2.43 bits per heavy atom. The number of aromatic carboxylic acids is 1. The number of aromatic nitrogens is 3. The summed E-state index contributed by atoms with van der Waals surface area (Å²) in [4.78, 5) is 28.1. The van der Waals surface area contributed by atoms with E-state index in [9.17, 15) is 9.59 Å². The van der Waals surface area contributed by atoms with E-state index in [0.29, 0.717) is 28.5 Å². The van der Waals surface area contributed by atoms with Crippen molar-refractivity contribution in [2.45, 2.75) is 47.2 Å². The number of carboxylic acids is 1. The molecule has 0 aliphatic rings. The number of thiazole rings is 1. The molecule has 124 valence electrons. The fourth-order valence-corrected chi connectivity index (χ4v) is 3.37. The highest BCUT2D eigenvalue weighted by molar-refractivity contribution is 7.13. The number of aryl methyl sites for hydroxylation is 3. The van der Waals surface area contributed by atoms with E-state index in [1.54, 1.807) is 25.5 Å². The maximum absolute atomic E-state index is 12.5. The number of nitrogens with one attached hydrogen (secondary N) is 1. The monoisotopic (exact) mass is 336 g/mol. The lowest BCUT2D eigenvalue weighted by Crippen LogP contribution is -2.27. The number of hydrogen-bond donors (Lipinski definition) is 2. The second-order valence-corrected chi connectivity index (χ2v) is 6.36. The standard InChI is InChI=1S/C15H20N4O3S/c1-6-19-10(5)11(7(2)18-19)13(20)16-9(4)14-17-8(3)12(23-14)15(21)22/h9H,6H2,1-5H3,(H,16,20)(H,21,22). The molecule has 2 N–H and O–H groups in total. The van der Waals surface area contributed by atoms with Crippen LogP contribution in [0.15, 0.2) is 0 Å². The largest absolute Gasteiger partial charge is 0.477 e. The van der Waals surface area contributed by atoms with Gasteiger partial charge >= 0.3 is 5.97 Å². The van der Waals surface area contributed by atoms with Gasteiger partial charge in [-0.25, -0.2) is 9.78 Å². The molecule has 8 heteroatoms. The van der Waals surface area contributed by atoms with Gasteiger partial charge in [-0.05, 0) is 34.6 Å². The summed E-state index contributed by atoms with van der Waals surface area (Å²) in [7, 11) is 0. The molecule has 0 saturated heterocycles. The van der Waals surface area contributed by atoms with E-state index in [2.05, 4.69) is 15.4 Å². The molecule has 7 nitrogen and oxygen atoms in total. The van der Waals surface area contributed by atoms with Gasteiger partial charge in [0, 0.05) is 12.2 Å². The topological polar surface area (TPSA) is 97.1 Å². The molecule has 1 amide bonds. The molecule has 0 aliphatic carbocycles. The third kappa shape index (κ3) is 3.26. The van der Waals surface area contributed by atoms with Crippen LogP contribution in [0.3, 0.4) is 0 Å². The molecule has 2 aromatic rings. The molecule has 0 saturated carbocycles. The minimum Gasteiger partial charge on any atom is -0.477 e. The van der Waals surface area contributed by atoms with Crippen LogP contribution in [0.2, 0.25) is 0 Å². The van der Waals surface area contributed by atoms with Crippen molar-refractivity contribution in [3.63, 3.8) is 0 Å². The Morgan fingerprint density at radius 1 is 1.30 bits per heavy atom. The molecular weight excluding hydrogens is 316 g/mol. The molecule has 2 heterocycles. The van der Waals surface area contributed by atoms with Crippen molar-refractivity contribution in [3.8, 4) is 0 Å². The molecule has 2 aromatic heterocycles. The second kappa shape index (κ2) is 6.49. The lowest BCUT2D eigenvalue weighted by Gasteiger charge is -2.11. The van der Waals surface area contributed by atoms with Gasteiger partial charge in [0.1, 0.15) is 9.88 Å². The summed E-state index contributed by atoms with van der Waals surface area (Å²) in [6, 6.07) is -0.372. The van der Waals surface area contributed by atoms with E-state index in [1.165, 1.54) is 0 Å². The number of carbonyl (C=O) groups excluding carboxylic acids is 1. The molecule has 1 atom stereocenters. The van der Waals surface area contributed by atoms with Crippen molar-refractivity contribution in [1.82, 2.24) is 20.1 Å². The Bertz CT molecular complexity index is 763. The van der Waals surface area contributed by atoms with Gasteiger partial charge in [0.15, 0.2) is 0 Å². The van der Waals surface area contributed by atoms with Crippen LogP contribution in [-0.4, -0.2) is 31.7 Å². The van der Waals surface area contributed by atoms with Crippen molar-refractivity contribution < 1.29 is 14.7 Å². The van der Waals surface area contributed by atoms with Crippen LogP contribution in [-0.2, 0) is 6.54 Å². The Labute approximate surface area is 138 Å². The molecule has 0 aromatic carbocycles. The van der Waals surface area contributed by atoms with E-state index in [4.69, 9.17) is 5.11 Å². The van der Waals surface area contributed by atoms with Crippen LogP contribution in [0.25, 0.3) is 0 Å². The van der Waals surface area contributed by atoms with Gasteiger partial charge in [0.05, 0.1) is 23.0 Å². The first-order chi connectivity index (χ1) is 10.8. The average Bonchev–Trinajstić information content (AvgIpc) is 2.99. The summed E-state index contributed by atoms with van der Waals surface area (Å²) in [5, 5.41) is 16.9. The molecule has 0 spiro atoms. The molecule has 0 bridgehead atoms. The zero-order valence-electron chi connectivity index (χ0n) is 13.8. The van der Waals surface area contributed by atoms with Crippen molar-refractivity contribution in [2.75, 3.05) is 0 Å². The van der Waals surface area contributed by atoms with Gasteiger partial charge in [-0.3, -0.25) is 9.48 Å². The van der Waals surface area contributed by atoms with Gasteiger partial charge in [-0.15, -0.1) is 11.3 Å². The lowest BCUT2D eigenvalue weighted by atomic mass is 10.1. The highest BCUT2D eigenvalue weighted by Gasteiger charge is 2.23. The zero-order chi connectivity index (χ0) is 17.3. The number of nitrogens with zero attached hydrogens (tertiary/aromatic N) is 3. The minimum atomic E-state index is -0.999. The van der Waals surface area contributed by atoms with E-state index in [-0.39, 0.29) is 16.8 Å². The van der Waals surface area contributed by atoms with Crippen molar-refractivity contribution in [1.29, 1.82) is 0 Å². The van der Waals surface area contributed by atoms with E-state index in [0.717, 1.165) is 17.0 Å². The molecule has 2 rings (SSSR count). The average molecular weight is 336 g/mol. The highest BCUT2D eigenvalue weighted by Crippen LogP contribution is 2.24. The summed E-state index contributed by atoms with van der Waals surface area (Å²) < 4.78 is 1.78. The predicted molar refractivity (Wildman–Crippen MR) is 87.1 cm³/mol. The van der Waals surface area contributed by atoms with E-state index >= 15 is 0 Å². The van der Waals surface area contributed by atoms with Crippen LogP contribution in [0.1, 0.15) is 62.0 Å². The van der Waals surface area contributed by atoms with Gasteiger partial charge in [0.25, 0.3) is 5.91 Å². The Hall–Kier alpha value is -2.22. The van der Waals surface area contributed by atoms with Gasteiger partial charge in [-0.1, -0.05) is 0 Å². The smallest absolute Gasteiger partial charge is 0.347 e. The maximum Gasteiger partial charge on any atom is 0.347 e. The first-order valence-electron chi connectivity index (χ1n) is 7.31. The summed E-state index contributed by atoms with van der Waals surface area (Å²) in [5.41, 5.74) is 2.52. The van der Waals surface area contributed by atoms with Crippen molar-refractivity contribution in [3.05, 3.63) is 32.5 Å². The number of carbonyl (C=O) groups is 2. The van der Waals surface area contributed by atoms with Crippen LogP contribution in [0.4, 0.5) is 0 Å². The Balaban J connectivity index is 2.22. The maximum atomic E-state index is 12.5. The number of rotatable bonds is 5. The predicted octanol–water partition coefficient (Wildman–Crippen LogP) is 2.47. The van der Waals surface area contributed by atoms with Crippen LogP contribution in [0.5, 0.6) is 0 Å². The molecule has 23 heavy (non-hydrogen) atoms. The highest BCUT2D eigenvalue weighted by atomic mass is 32.1. The van der Waals surface area contributed by atoms with Crippen molar-refractivity contribution in [2.24, 2.45) is 0 Å². The third-order valence-electron chi connectivity index (χ3n) is 3.63. The number of amides is 1. The third-order valence-corrected chi connectivity index (χ3v) is 4.96. The van der Waals surface area contributed by atoms with E-state index < -0.39 is 5.97 Å². The van der Waals surface area contributed by atoms with Crippen molar-refractivity contribution >= 4 is 23.2 Å². The fourth-order valence-electron chi connectivity index (χ4n) is 2.46. The SMILES string of the molecule is CCn1nc(C)c(C(=O)NC(C)c2nc(C)c(C(=O)O)s2)c1C. The Kier molecular flexibility index (Phi) is 4.84. The lowest BCUT2D eigenvalue weighted by molar-refractivity contribution is 0.0701. The normalized spacial score (nSPS) is 12.2. The molecular formula is C15H20N4O3S. The van der Waals surface area contributed by atoms with Crippen LogP contribution >= 0.6 is 11.3 Å². The quantitative estimate of drug-likeness (QED) is 0.874. The summed E-state index contributed by atoms with van der Waals surface area (Å²) >= 11 is 1.08. The number of carboxylic acid groups (broad SMARTS) is 1. The van der Waals surface area contributed by atoms with Gasteiger partial charge < -0.3 is 10.4 Å². The Morgan fingerprint density at radius 2 is 1.96 bits per heavy atom. The summed E-state index contributed by atoms with van der Waals surface area (Å²) in [6.45, 7) is 9.76. The van der Waals surface area contributed by atoms with Gasteiger partial charge in [-0.2, -0.15) is 5.10 Å². The van der Waals surface area contributed by atoms with E-state index in [1.807, 2.05) is 13.8 Å². The van der Waals surface area contributed by atoms with Crippen LogP contribution < -0.4 is 5.32 Å². The molecule has 1 unspecified atom stereocenters. The fraction of sp³-hybridized carbons (Fsp3) is 0.467. The molecule has 0 fully saturated rings. The first-order valence-corrected chi connectivity index (χ1v) is 8.13.